The first kappa shape index (κ1) is 20.7. The second-order valence-electron chi connectivity index (χ2n) is 7.27. The smallest absolute Gasteiger partial charge is 0.270 e. The maximum Gasteiger partial charge on any atom is 0.270 e. The quantitative estimate of drug-likeness (QED) is 0.353. The van der Waals surface area contributed by atoms with Crippen molar-refractivity contribution in [2.24, 2.45) is 0 Å². The number of amides is 1. The molecular formula is C23H17ClN2O5. The Morgan fingerprint density at radius 1 is 1.06 bits per heavy atom. The van der Waals surface area contributed by atoms with E-state index in [1.165, 1.54) is 23.1 Å². The number of ketones is 1. The Morgan fingerprint density at radius 3 is 2.52 bits per heavy atom. The molecule has 4 rings (SSSR count). The summed E-state index contributed by atoms with van der Waals surface area (Å²) in [6.07, 6.45) is -0.539. The van der Waals surface area contributed by atoms with E-state index in [9.17, 15) is 24.8 Å². The van der Waals surface area contributed by atoms with E-state index in [2.05, 4.69) is 0 Å². The van der Waals surface area contributed by atoms with E-state index in [0.29, 0.717) is 21.8 Å². The third-order valence-electron chi connectivity index (χ3n) is 5.32. The first-order valence-electron chi connectivity index (χ1n) is 9.46. The van der Waals surface area contributed by atoms with Crippen LogP contribution >= 0.6 is 11.6 Å². The molecule has 0 unspecified atom stereocenters. The molecule has 1 aliphatic rings. The zero-order valence-electron chi connectivity index (χ0n) is 16.2. The number of hydrogen-bond donors (Lipinski definition) is 1. The number of rotatable bonds is 6. The highest BCUT2D eigenvalue weighted by Gasteiger charge is 2.50. The predicted octanol–water partition coefficient (Wildman–Crippen LogP) is 4.26. The van der Waals surface area contributed by atoms with Crippen LogP contribution in [0.25, 0.3) is 0 Å². The Hall–Kier alpha value is -3.55. The number of nitro groups is 1. The standard InChI is InChI=1S/C23H17ClN2O5/c24-19-10-3-1-6-16(19)14-25-20-11-4-2-9-18(20)23(29,22(25)28)13-21(27)15-7-5-8-17(12-15)26(30)31/h1-12,29H,13-14H2/t23-/m1/s1. The third-order valence-corrected chi connectivity index (χ3v) is 5.69. The molecule has 156 valence electrons. The van der Waals surface area contributed by atoms with Gasteiger partial charge in [-0.05, 0) is 17.7 Å². The van der Waals surface area contributed by atoms with E-state index in [1.807, 2.05) is 0 Å². The highest BCUT2D eigenvalue weighted by Crippen LogP contribution is 2.44. The number of non-ortho nitro benzene ring substituents is 1. The van der Waals surface area contributed by atoms with Crippen molar-refractivity contribution in [2.45, 2.75) is 18.6 Å². The van der Waals surface area contributed by atoms with Crippen LogP contribution in [0.2, 0.25) is 5.02 Å². The van der Waals surface area contributed by atoms with Crippen LogP contribution in [-0.4, -0.2) is 21.7 Å². The van der Waals surface area contributed by atoms with Gasteiger partial charge in [-0.1, -0.05) is 60.1 Å². The second kappa shape index (κ2) is 7.94. The number of benzene rings is 3. The highest BCUT2D eigenvalue weighted by atomic mass is 35.5. The summed E-state index contributed by atoms with van der Waals surface area (Å²) in [5, 5.41) is 22.9. The normalized spacial score (nSPS) is 17.5. The predicted molar refractivity (Wildman–Crippen MR) is 115 cm³/mol. The van der Waals surface area contributed by atoms with Gasteiger partial charge in [-0.2, -0.15) is 0 Å². The van der Waals surface area contributed by atoms with Gasteiger partial charge in [0.05, 0.1) is 23.6 Å². The Labute approximate surface area is 182 Å². The Morgan fingerprint density at radius 2 is 1.77 bits per heavy atom. The lowest BCUT2D eigenvalue weighted by Crippen LogP contribution is -2.41. The highest BCUT2D eigenvalue weighted by molar-refractivity contribution is 6.31. The van der Waals surface area contributed by atoms with E-state index < -0.39 is 28.6 Å². The lowest BCUT2D eigenvalue weighted by molar-refractivity contribution is -0.384. The topological polar surface area (TPSA) is 101 Å². The molecule has 1 heterocycles. The average Bonchev–Trinajstić information content (AvgIpc) is 2.97. The van der Waals surface area contributed by atoms with E-state index in [1.54, 1.807) is 48.5 Å². The molecule has 0 fully saturated rings. The number of halogens is 1. The van der Waals surface area contributed by atoms with Crippen LogP contribution in [0.3, 0.4) is 0 Å². The van der Waals surface area contributed by atoms with Crippen LogP contribution in [0.15, 0.2) is 72.8 Å². The van der Waals surface area contributed by atoms with E-state index in [4.69, 9.17) is 11.6 Å². The molecule has 0 aliphatic carbocycles. The number of carbonyl (C=O) groups excluding carboxylic acids is 2. The Kier molecular flexibility index (Phi) is 5.31. The van der Waals surface area contributed by atoms with E-state index >= 15 is 0 Å². The largest absolute Gasteiger partial charge is 0.375 e. The van der Waals surface area contributed by atoms with Crippen LogP contribution in [0, 0.1) is 10.1 Å². The molecular weight excluding hydrogens is 420 g/mol. The van der Waals surface area contributed by atoms with Gasteiger partial charge < -0.3 is 10.0 Å². The maximum atomic E-state index is 13.3. The van der Waals surface area contributed by atoms with Crippen molar-refractivity contribution in [1.29, 1.82) is 0 Å². The minimum absolute atomic E-state index is 0.0532. The van der Waals surface area contributed by atoms with Gasteiger partial charge in [-0.25, -0.2) is 0 Å². The number of carbonyl (C=O) groups is 2. The molecule has 1 aliphatic heterocycles. The van der Waals surface area contributed by atoms with Gasteiger partial charge in [0.1, 0.15) is 0 Å². The van der Waals surface area contributed by atoms with Crippen LogP contribution < -0.4 is 4.90 Å². The van der Waals surface area contributed by atoms with Gasteiger partial charge in [-0.3, -0.25) is 19.7 Å². The second-order valence-corrected chi connectivity index (χ2v) is 7.67. The molecule has 31 heavy (non-hydrogen) atoms. The van der Waals surface area contributed by atoms with Gasteiger partial charge >= 0.3 is 0 Å². The van der Waals surface area contributed by atoms with Crippen molar-refractivity contribution in [3.63, 3.8) is 0 Å². The Balaban J connectivity index is 1.68. The molecule has 0 aromatic heterocycles. The van der Waals surface area contributed by atoms with Gasteiger partial charge in [0, 0.05) is 28.3 Å². The van der Waals surface area contributed by atoms with Crippen molar-refractivity contribution in [3.05, 3.63) is 105 Å². The molecule has 0 radical (unpaired) electrons. The summed E-state index contributed by atoms with van der Waals surface area (Å²) in [6.45, 7) is 0.128. The number of aliphatic hydroxyl groups is 1. The van der Waals surface area contributed by atoms with Gasteiger partial charge in [0.15, 0.2) is 11.4 Å². The van der Waals surface area contributed by atoms with Crippen molar-refractivity contribution in [1.82, 2.24) is 0 Å². The molecule has 0 saturated heterocycles. The summed E-state index contributed by atoms with van der Waals surface area (Å²) in [5.74, 6) is -1.22. The average molecular weight is 437 g/mol. The van der Waals surface area contributed by atoms with E-state index in [-0.39, 0.29) is 17.8 Å². The number of para-hydroxylation sites is 1. The molecule has 3 aromatic carbocycles. The van der Waals surface area contributed by atoms with Gasteiger partial charge in [-0.15, -0.1) is 0 Å². The summed E-state index contributed by atoms with van der Waals surface area (Å²) in [7, 11) is 0. The van der Waals surface area contributed by atoms with Crippen LogP contribution in [0.4, 0.5) is 11.4 Å². The number of hydrogen-bond acceptors (Lipinski definition) is 5. The fraction of sp³-hybridized carbons (Fsp3) is 0.130. The van der Waals surface area contributed by atoms with Crippen LogP contribution in [0.1, 0.15) is 27.9 Å². The first-order chi connectivity index (χ1) is 14.8. The Bertz CT molecular complexity index is 1210. The molecule has 0 bridgehead atoms. The minimum atomic E-state index is -2.08. The lowest BCUT2D eigenvalue weighted by Gasteiger charge is -2.23. The van der Waals surface area contributed by atoms with Crippen LogP contribution in [0.5, 0.6) is 0 Å². The molecule has 3 aromatic rings. The summed E-state index contributed by atoms with van der Waals surface area (Å²) in [6, 6.07) is 19.0. The monoisotopic (exact) mass is 436 g/mol. The number of anilines is 1. The molecule has 0 saturated carbocycles. The van der Waals surface area contributed by atoms with Gasteiger partial charge in [0.25, 0.3) is 11.6 Å². The SMILES string of the molecule is O=C(C[C@]1(O)C(=O)N(Cc2ccccc2Cl)c2ccccc21)c1cccc([N+](=O)[O-])c1. The minimum Gasteiger partial charge on any atom is -0.375 e. The zero-order valence-corrected chi connectivity index (χ0v) is 17.0. The summed E-state index contributed by atoms with van der Waals surface area (Å²) in [4.78, 5) is 38.0. The van der Waals surface area contributed by atoms with Crippen molar-refractivity contribution in [3.8, 4) is 0 Å². The number of fused-ring (bicyclic) bond motifs is 1. The molecule has 0 spiro atoms. The summed E-state index contributed by atoms with van der Waals surface area (Å²) in [5.41, 5.74) is -0.775. The fourth-order valence-corrected chi connectivity index (χ4v) is 3.95. The van der Waals surface area contributed by atoms with Crippen molar-refractivity contribution < 1.29 is 19.6 Å². The number of nitro benzene ring substituents is 1. The molecule has 8 heteroatoms. The van der Waals surface area contributed by atoms with E-state index in [0.717, 1.165) is 6.07 Å². The third kappa shape index (κ3) is 3.69. The first-order valence-corrected chi connectivity index (χ1v) is 9.84. The number of nitrogens with zero attached hydrogens (tertiary/aromatic N) is 2. The molecule has 7 nitrogen and oxygen atoms in total. The maximum absolute atomic E-state index is 13.3. The molecule has 1 atom stereocenters. The molecule has 1 N–H and O–H groups in total. The number of Topliss-reactive ketones (excluding diaryl/α,β-unsaturated/α-hetero) is 1. The summed E-state index contributed by atoms with van der Waals surface area (Å²) >= 11 is 6.24. The summed E-state index contributed by atoms with van der Waals surface area (Å²) < 4.78 is 0. The zero-order chi connectivity index (χ0) is 22.2. The molecule has 1 amide bonds. The van der Waals surface area contributed by atoms with Crippen molar-refractivity contribution >= 4 is 34.7 Å². The lowest BCUT2D eigenvalue weighted by atomic mass is 9.88. The van der Waals surface area contributed by atoms with Crippen LogP contribution in [-0.2, 0) is 16.9 Å². The fourth-order valence-electron chi connectivity index (χ4n) is 3.76. The van der Waals surface area contributed by atoms with Crippen molar-refractivity contribution in [2.75, 3.05) is 4.90 Å². The van der Waals surface area contributed by atoms with Gasteiger partial charge in [0.2, 0.25) is 0 Å².